The van der Waals surface area contributed by atoms with E-state index in [9.17, 15) is 9.59 Å². The Morgan fingerprint density at radius 2 is 1.09 bits per heavy atom. The predicted octanol–water partition coefficient (Wildman–Crippen LogP) is 1.69. The predicted molar refractivity (Wildman–Crippen MR) is 84.1 cm³/mol. The summed E-state index contributed by atoms with van der Waals surface area (Å²) >= 11 is 0. The SMILES string of the molecule is CCCO.CCCO.CCCO.CCOC(=O)CC(C)=O.[Ti]. The molecule has 0 bridgehead atoms. The second kappa shape index (κ2) is 37.2. The number of carbonyl (C=O) groups excluding carboxylic acids is 2. The number of ether oxygens (including phenoxy) is 1. The van der Waals surface area contributed by atoms with Crippen LogP contribution in [0, 0.1) is 0 Å². The number of aliphatic hydroxyl groups excluding tert-OH is 3. The fraction of sp³-hybridized carbons (Fsp3) is 0.867. The summed E-state index contributed by atoms with van der Waals surface area (Å²) in [7, 11) is 0. The van der Waals surface area contributed by atoms with Crippen LogP contribution in [0.5, 0.6) is 0 Å². The van der Waals surface area contributed by atoms with E-state index in [1.165, 1.54) is 6.92 Å². The summed E-state index contributed by atoms with van der Waals surface area (Å²) in [5.74, 6) is -0.599. The van der Waals surface area contributed by atoms with Crippen molar-refractivity contribution in [2.75, 3.05) is 26.4 Å². The standard InChI is InChI=1S/C6H10O3.3C3H8O.Ti/c1-3-9-6(8)4-5(2)7;3*1-2-3-4;/h3-4H2,1-2H3;3*4H,2-3H2,1H3;. The Labute approximate surface area is 150 Å². The Kier molecular flexibility index (Phi) is 56.4. The van der Waals surface area contributed by atoms with Gasteiger partial charge in [-0.25, -0.2) is 0 Å². The maximum absolute atomic E-state index is 10.4. The molecule has 0 aliphatic carbocycles. The van der Waals surface area contributed by atoms with Gasteiger partial charge in [-0.15, -0.1) is 0 Å². The molecule has 0 saturated carbocycles. The Balaban J connectivity index is -0.0000000632. The largest absolute Gasteiger partial charge is 0.466 e. The van der Waals surface area contributed by atoms with Gasteiger partial charge in [0.05, 0.1) is 6.61 Å². The van der Waals surface area contributed by atoms with E-state index >= 15 is 0 Å². The van der Waals surface area contributed by atoms with Gasteiger partial charge >= 0.3 is 5.97 Å². The van der Waals surface area contributed by atoms with E-state index in [1.54, 1.807) is 6.92 Å². The van der Waals surface area contributed by atoms with E-state index in [4.69, 9.17) is 15.3 Å². The van der Waals surface area contributed by atoms with Gasteiger partial charge in [0.15, 0.2) is 0 Å². The van der Waals surface area contributed by atoms with Crippen LogP contribution in [0.25, 0.3) is 0 Å². The number of aliphatic hydroxyl groups is 3. The number of esters is 1. The molecule has 0 heterocycles. The van der Waals surface area contributed by atoms with Gasteiger partial charge in [0, 0.05) is 41.5 Å². The van der Waals surface area contributed by atoms with Crippen molar-refractivity contribution in [2.45, 2.75) is 60.3 Å². The summed E-state index contributed by atoms with van der Waals surface area (Å²) in [4.78, 5) is 20.6. The van der Waals surface area contributed by atoms with Gasteiger partial charge < -0.3 is 20.1 Å². The Morgan fingerprint density at radius 1 is 0.818 bits per heavy atom. The van der Waals surface area contributed by atoms with Crippen molar-refractivity contribution in [1.82, 2.24) is 0 Å². The fourth-order valence-electron chi connectivity index (χ4n) is 0.415. The molecule has 6 nitrogen and oxygen atoms in total. The van der Waals surface area contributed by atoms with E-state index in [-0.39, 0.29) is 33.9 Å². The van der Waals surface area contributed by atoms with E-state index in [1.807, 2.05) is 20.8 Å². The van der Waals surface area contributed by atoms with E-state index in [0.717, 1.165) is 19.3 Å². The van der Waals surface area contributed by atoms with Crippen LogP contribution in [-0.2, 0) is 36.0 Å². The molecule has 0 aromatic carbocycles. The summed E-state index contributed by atoms with van der Waals surface area (Å²) in [6, 6.07) is 0. The van der Waals surface area contributed by atoms with Crippen molar-refractivity contribution in [3.8, 4) is 0 Å². The molecule has 0 atom stereocenters. The van der Waals surface area contributed by atoms with Crippen LogP contribution in [0.4, 0.5) is 0 Å². The number of hydrogen-bond donors (Lipinski definition) is 3. The smallest absolute Gasteiger partial charge is 0.313 e. The quantitative estimate of drug-likeness (QED) is 0.379. The minimum absolute atomic E-state index is 0. The molecule has 0 rings (SSSR count). The number of Topliss-reactive ketones (excluding diaryl/α,β-unsaturated/α-hetero) is 1. The Hall–Kier alpha value is -0.266. The molecule has 3 N–H and O–H groups in total. The number of rotatable bonds is 6. The number of hydrogen-bond acceptors (Lipinski definition) is 6. The third-order valence-corrected chi connectivity index (χ3v) is 1.37. The van der Waals surface area contributed by atoms with Crippen molar-refractivity contribution in [3.63, 3.8) is 0 Å². The first-order valence-electron chi connectivity index (χ1n) is 7.39. The Bertz CT molecular complexity index is 185. The molecule has 134 valence electrons. The van der Waals surface area contributed by atoms with Gasteiger partial charge in [0.2, 0.25) is 0 Å². The maximum atomic E-state index is 10.4. The van der Waals surface area contributed by atoms with Crippen LogP contribution in [-0.4, -0.2) is 53.5 Å². The average molecular weight is 358 g/mol. The number of ketones is 1. The van der Waals surface area contributed by atoms with E-state index in [2.05, 4.69) is 4.74 Å². The van der Waals surface area contributed by atoms with Gasteiger partial charge in [-0.1, -0.05) is 20.8 Å². The van der Waals surface area contributed by atoms with Crippen molar-refractivity contribution in [2.24, 2.45) is 0 Å². The first-order chi connectivity index (χ1) is 9.91. The fourth-order valence-corrected chi connectivity index (χ4v) is 0.415. The molecule has 0 fully saturated rings. The first kappa shape index (κ1) is 33.4. The monoisotopic (exact) mass is 358 g/mol. The van der Waals surface area contributed by atoms with Crippen molar-refractivity contribution >= 4 is 11.8 Å². The third kappa shape index (κ3) is 73.1. The summed E-state index contributed by atoms with van der Waals surface area (Å²) in [5.41, 5.74) is 0. The molecule has 22 heavy (non-hydrogen) atoms. The second-order valence-electron chi connectivity index (χ2n) is 3.85. The van der Waals surface area contributed by atoms with Gasteiger partial charge in [-0.2, -0.15) is 0 Å². The van der Waals surface area contributed by atoms with Crippen LogP contribution in [0.15, 0.2) is 0 Å². The summed E-state index contributed by atoms with van der Waals surface area (Å²) in [5, 5.41) is 23.6. The van der Waals surface area contributed by atoms with Crippen LogP contribution in [0.2, 0.25) is 0 Å². The van der Waals surface area contributed by atoms with Crippen molar-refractivity contribution in [3.05, 3.63) is 0 Å². The molecule has 0 unspecified atom stereocenters. The maximum Gasteiger partial charge on any atom is 0.313 e. The van der Waals surface area contributed by atoms with Gasteiger partial charge in [0.1, 0.15) is 12.2 Å². The zero-order valence-electron chi connectivity index (χ0n) is 14.7. The van der Waals surface area contributed by atoms with Gasteiger partial charge in [-0.05, 0) is 33.1 Å². The molecule has 7 heteroatoms. The Morgan fingerprint density at radius 3 is 1.23 bits per heavy atom. The van der Waals surface area contributed by atoms with Gasteiger partial charge in [0.25, 0.3) is 0 Å². The van der Waals surface area contributed by atoms with Gasteiger partial charge in [-0.3, -0.25) is 9.59 Å². The van der Waals surface area contributed by atoms with Crippen LogP contribution in [0.1, 0.15) is 60.3 Å². The van der Waals surface area contributed by atoms with Crippen molar-refractivity contribution < 1.29 is 51.4 Å². The summed E-state index contributed by atoms with van der Waals surface area (Å²) in [6.45, 7) is 10.2. The normalized spacial score (nSPS) is 7.64. The summed E-state index contributed by atoms with van der Waals surface area (Å²) < 4.78 is 4.49. The van der Waals surface area contributed by atoms with Crippen LogP contribution < -0.4 is 0 Å². The molecular formula is C15H34O6Ti. The topological polar surface area (TPSA) is 104 Å². The molecule has 0 aliphatic heterocycles. The molecule has 0 spiro atoms. The van der Waals surface area contributed by atoms with E-state index < -0.39 is 5.97 Å². The second-order valence-corrected chi connectivity index (χ2v) is 3.85. The summed E-state index contributed by atoms with van der Waals surface area (Å²) in [6.07, 6.45) is 2.52. The molecule has 0 amide bonds. The van der Waals surface area contributed by atoms with Crippen LogP contribution >= 0.6 is 0 Å². The molecule has 0 saturated heterocycles. The zero-order valence-corrected chi connectivity index (χ0v) is 16.3. The molecule has 0 radical (unpaired) electrons. The first-order valence-corrected chi connectivity index (χ1v) is 7.39. The van der Waals surface area contributed by atoms with Crippen LogP contribution in [0.3, 0.4) is 0 Å². The van der Waals surface area contributed by atoms with E-state index in [0.29, 0.717) is 26.4 Å². The number of carbonyl (C=O) groups is 2. The average Bonchev–Trinajstić information content (AvgIpc) is 2.47. The zero-order chi connectivity index (χ0) is 17.5. The third-order valence-electron chi connectivity index (χ3n) is 1.37. The van der Waals surface area contributed by atoms with Crippen molar-refractivity contribution in [1.29, 1.82) is 0 Å². The minimum atomic E-state index is -0.440. The minimum Gasteiger partial charge on any atom is -0.466 e. The molecule has 0 aliphatic rings. The molecule has 0 aromatic heterocycles. The molecular weight excluding hydrogens is 324 g/mol. The molecule has 0 aromatic rings.